The number of carbonyl (C=O) groups is 4. The summed E-state index contributed by atoms with van der Waals surface area (Å²) in [6.07, 6.45) is 3.14. The Bertz CT molecular complexity index is 769. The number of carbonyl (C=O) groups excluding carboxylic acids is 4. The van der Waals surface area contributed by atoms with Gasteiger partial charge in [-0.15, -0.1) is 0 Å². The second-order valence-electron chi connectivity index (χ2n) is 8.56. The zero-order valence-electron chi connectivity index (χ0n) is 20.1. The second-order valence-corrected chi connectivity index (χ2v) is 8.56. The highest BCUT2D eigenvalue weighted by Gasteiger charge is 2.30. The van der Waals surface area contributed by atoms with E-state index < -0.39 is 35.7 Å². The van der Waals surface area contributed by atoms with E-state index in [1.165, 1.54) is 6.92 Å². The van der Waals surface area contributed by atoms with Crippen LogP contribution >= 0.6 is 0 Å². The van der Waals surface area contributed by atoms with Crippen LogP contribution in [0.2, 0.25) is 0 Å². The van der Waals surface area contributed by atoms with Gasteiger partial charge >= 0.3 is 0 Å². The number of benzene rings is 1. The Balaban J connectivity index is 2.73. The Labute approximate surface area is 196 Å². The van der Waals surface area contributed by atoms with E-state index in [1.807, 2.05) is 30.3 Å². The van der Waals surface area contributed by atoms with Crippen LogP contribution in [0.25, 0.3) is 0 Å². The first kappa shape index (κ1) is 28.1. The molecule has 1 rings (SSSR count). The third kappa shape index (κ3) is 11.0. The summed E-state index contributed by atoms with van der Waals surface area (Å²) in [5.41, 5.74) is 8.52. The van der Waals surface area contributed by atoms with Gasteiger partial charge in [0.15, 0.2) is 0 Å². The van der Waals surface area contributed by atoms with Crippen molar-refractivity contribution < 1.29 is 24.0 Å². The number of unbranched alkanes of at least 4 members (excludes halogenated alkanes) is 2. The van der Waals surface area contributed by atoms with Crippen LogP contribution < -0.4 is 21.8 Å². The number of nitrogens with one attached hydrogen (secondary N) is 3. The van der Waals surface area contributed by atoms with E-state index in [4.69, 9.17) is 10.6 Å². The minimum atomic E-state index is -0.858. The van der Waals surface area contributed by atoms with E-state index in [9.17, 15) is 19.2 Å². The molecular weight excluding hydrogens is 424 g/mol. The third-order valence-corrected chi connectivity index (χ3v) is 5.26. The maximum Gasteiger partial charge on any atom is 0.244 e. The van der Waals surface area contributed by atoms with Crippen molar-refractivity contribution in [2.75, 3.05) is 0 Å². The summed E-state index contributed by atoms with van der Waals surface area (Å²) in [6.45, 7) is 7.32. The number of nitrogens with two attached hydrogens (primary N) is 1. The lowest BCUT2D eigenvalue weighted by Gasteiger charge is -2.25. The Hall–Kier alpha value is -2.94. The van der Waals surface area contributed by atoms with Crippen LogP contribution in [0.4, 0.5) is 0 Å². The van der Waals surface area contributed by atoms with Gasteiger partial charge in [0.1, 0.15) is 12.1 Å². The molecule has 184 valence electrons. The summed E-state index contributed by atoms with van der Waals surface area (Å²) in [4.78, 5) is 54.5. The summed E-state index contributed by atoms with van der Waals surface area (Å²) in [6, 6.07) is 7.68. The summed E-state index contributed by atoms with van der Waals surface area (Å²) >= 11 is 0. The minimum absolute atomic E-state index is 0.0611. The highest BCUT2D eigenvalue weighted by Crippen LogP contribution is 2.16. The lowest BCUT2D eigenvalue weighted by atomic mass is 9.94. The molecule has 0 radical (unpaired) electrons. The molecule has 1 aromatic carbocycles. The van der Waals surface area contributed by atoms with Crippen LogP contribution in [0, 0.1) is 11.8 Å². The predicted octanol–water partition coefficient (Wildman–Crippen LogP) is 1.95. The number of hydrogen-bond acceptors (Lipinski definition) is 5. The van der Waals surface area contributed by atoms with Gasteiger partial charge in [-0.3, -0.25) is 24.0 Å². The SMILES string of the molecule is CCCCCC(CC(=O)NOCc1ccccc1)C(=O)N[C@H](C(=O)N[C@@H](C)C(N)=O)C(C)C. The summed E-state index contributed by atoms with van der Waals surface area (Å²) < 4.78 is 0. The molecule has 0 aliphatic rings. The van der Waals surface area contributed by atoms with Crippen LogP contribution in [0.1, 0.15) is 65.4 Å². The van der Waals surface area contributed by atoms with Crippen molar-refractivity contribution >= 4 is 23.6 Å². The highest BCUT2D eigenvalue weighted by atomic mass is 16.6. The van der Waals surface area contributed by atoms with E-state index >= 15 is 0 Å². The molecule has 0 saturated heterocycles. The quantitative estimate of drug-likeness (QED) is 0.233. The van der Waals surface area contributed by atoms with Crippen LogP contribution in [-0.2, 0) is 30.6 Å². The molecule has 5 N–H and O–H groups in total. The second kappa shape index (κ2) is 15.0. The molecule has 1 aromatic rings. The maximum absolute atomic E-state index is 13.0. The van der Waals surface area contributed by atoms with E-state index in [0.717, 1.165) is 24.8 Å². The molecule has 0 aromatic heterocycles. The van der Waals surface area contributed by atoms with Gasteiger partial charge in [0.2, 0.25) is 23.6 Å². The Morgan fingerprint density at radius 2 is 1.64 bits per heavy atom. The van der Waals surface area contributed by atoms with Gasteiger partial charge < -0.3 is 16.4 Å². The topological polar surface area (TPSA) is 140 Å². The molecule has 0 spiro atoms. The van der Waals surface area contributed by atoms with Gasteiger partial charge in [-0.25, -0.2) is 5.48 Å². The summed E-state index contributed by atoms with van der Waals surface area (Å²) in [7, 11) is 0. The smallest absolute Gasteiger partial charge is 0.244 e. The van der Waals surface area contributed by atoms with Gasteiger partial charge in [0.05, 0.1) is 6.61 Å². The first-order valence-corrected chi connectivity index (χ1v) is 11.5. The maximum atomic E-state index is 13.0. The van der Waals surface area contributed by atoms with Gasteiger partial charge in [0, 0.05) is 12.3 Å². The fourth-order valence-corrected chi connectivity index (χ4v) is 3.19. The van der Waals surface area contributed by atoms with E-state index in [1.54, 1.807) is 13.8 Å². The molecule has 9 nitrogen and oxygen atoms in total. The van der Waals surface area contributed by atoms with Gasteiger partial charge in [0.25, 0.3) is 0 Å². The van der Waals surface area contributed by atoms with Gasteiger partial charge in [-0.2, -0.15) is 0 Å². The van der Waals surface area contributed by atoms with Crippen molar-refractivity contribution in [3.63, 3.8) is 0 Å². The molecule has 0 bridgehead atoms. The van der Waals surface area contributed by atoms with Crippen LogP contribution in [-0.4, -0.2) is 35.7 Å². The van der Waals surface area contributed by atoms with Crippen molar-refractivity contribution in [3.05, 3.63) is 35.9 Å². The Morgan fingerprint density at radius 1 is 0.970 bits per heavy atom. The van der Waals surface area contributed by atoms with Gasteiger partial charge in [-0.1, -0.05) is 70.4 Å². The lowest BCUT2D eigenvalue weighted by molar-refractivity contribution is -0.140. The van der Waals surface area contributed by atoms with Crippen LogP contribution in [0.5, 0.6) is 0 Å². The molecule has 33 heavy (non-hydrogen) atoms. The molecule has 0 aliphatic heterocycles. The molecular formula is C24H38N4O5. The number of primary amides is 1. The van der Waals surface area contributed by atoms with Crippen LogP contribution in [0.3, 0.4) is 0 Å². The Morgan fingerprint density at radius 3 is 2.21 bits per heavy atom. The fraction of sp³-hybridized carbons (Fsp3) is 0.583. The van der Waals surface area contributed by atoms with E-state index in [2.05, 4.69) is 23.0 Å². The summed E-state index contributed by atoms with van der Waals surface area (Å²) in [5.74, 6) is -2.79. The zero-order valence-corrected chi connectivity index (χ0v) is 20.1. The van der Waals surface area contributed by atoms with Gasteiger partial charge in [-0.05, 0) is 24.8 Å². The first-order chi connectivity index (χ1) is 15.6. The summed E-state index contributed by atoms with van der Waals surface area (Å²) in [5, 5.41) is 5.27. The molecule has 0 fully saturated rings. The molecule has 0 aliphatic carbocycles. The van der Waals surface area contributed by atoms with E-state index in [0.29, 0.717) is 6.42 Å². The number of hydroxylamine groups is 1. The van der Waals surface area contributed by atoms with Crippen molar-refractivity contribution in [1.82, 2.24) is 16.1 Å². The normalized spacial score (nSPS) is 13.6. The lowest BCUT2D eigenvalue weighted by Crippen LogP contribution is -2.55. The molecule has 3 atom stereocenters. The van der Waals surface area contributed by atoms with Crippen LogP contribution in [0.15, 0.2) is 30.3 Å². The number of rotatable bonds is 15. The number of hydrogen-bond donors (Lipinski definition) is 4. The predicted molar refractivity (Wildman–Crippen MR) is 125 cm³/mol. The molecule has 1 unspecified atom stereocenters. The Kier molecular flexibility index (Phi) is 12.8. The van der Waals surface area contributed by atoms with Crippen molar-refractivity contribution in [1.29, 1.82) is 0 Å². The zero-order chi connectivity index (χ0) is 24.8. The molecule has 0 heterocycles. The largest absolute Gasteiger partial charge is 0.368 e. The average molecular weight is 463 g/mol. The minimum Gasteiger partial charge on any atom is -0.368 e. The fourth-order valence-electron chi connectivity index (χ4n) is 3.19. The molecule has 9 heteroatoms. The first-order valence-electron chi connectivity index (χ1n) is 11.5. The molecule has 4 amide bonds. The standard InChI is InChI=1S/C24H38N4O5/c1-5-6-8-13-19(14-20(29)28-33-15-18-11-9-7-10-12-18)23(31)27-21(16(2)3)24(32)26-17(4)22(25)30/h7,9-12,16-17,19,21H,5-6,8,13-15H2,1-4H3,(H2,25,30)(H,26,32)(H,27,31)(H,28,29)/t17-,19?,21-/m0/s1. The van der Waals surface area contributed by atoms with Crippen molar-refractivity contribution in [2.24, 2.45) is 17.6 Å². The van der Waals surface area contributed by atoms with E-state index in [-0.39, 0.29) is 24.9 Å². The molecule has 0 saturated carbocycles. The highest BCUT2D eigenvalue weighted by molar-refractivity contribution is 5.93. The third-order valence-electron chi connectivity index (χ3n) is 5.26. The average Bonchev–Trinajstić information content (AvgIpc) is 2.77. The van der Waals surface area contributed by atoms with Crippen molar-refractivity contribution in [2.45, 2.75) is 78.5 Å². The monoisotopic (exact) mass is 462 g/mol. The number of amides is 4. The van der Waals surface area contributed by atoms with Crippen molar-refractivity contribution in [3.8, 4) is 0 Å².